The highest BCUT2D eigenvalue weighted by atomic mass is 16.5. The van der Waals surface area contributed by atoms with Crippen LogP contribution in [0.4, 0.5) is 0 Å². The quantitative estimate of drug-likeness (QED) is 0.841. The predicted molar refractivity (Wildman–Crippen MR) is 97.3 cm³/mol. The lowest BCUT2D eigenvalue weighted by Gasteiger charge is -2.44. The Bertz CT molecular complexity index is 690. The lowest BCUT2D eigenvalue weighted by molar-refractivity contribution is -0.0143. The van der Waals surface area contributed by atoms with Crippen molar-refractivity contribution in [3.8, 4) is 17.0 Å². The maximum atomic E-state index is 6.53. The number of aromatic nitrogens is 1. The first-order chi connectivity index (χ1) is 11.8. The van der Waals surface area contributed by atoms with E-state index in [1.54, 1.807) is 0 Å². The molecule has 126 valence electrons. The van der Waals surface area contributed by atoms with Crippen LogP contribution >= 0.6 is 0 Å². The van der Waals surface area contributed by atoms with Gasteiger partial charge in [0.15, 0.2) is 0 Å². The van der Waals surface area contributed by atoms with E-state index in [1.165, 1.54) is 37.2 Å². The van der Waals surface area contributed by atoms with Gasteiger partial charge in [0.25, 0.3) is 0 Å². The Hall–Kier alpha value is -1.87. The molecule has 2 aromatic rings. The van der Waals surface area contributed by atoms with Crippen molar-refractivity contribution < 1.29 is 4.74 Å². The van der Waals surface area contributed by atoms with Gasteiger partial charge < -0.3 is 9.64 Å². The van der Waals surface area contributed by atoms with Gasteiger partial charge in [0.2, 0.25) is 0 Å². The van der Waals surface area contributed by atoms with Crippen LogP contribution in [0.25, 0.3) is 11.3 Å². The van der Waals surface area contributed by atoms with Gasteiger partial charge >= 0.3 is 0 Å². The molecule has 3 heteroatoms. The summed E-state index contributed by atoms with van der Waals surface area (Å²) in [6.45, 7) is 5.83. The van der Waals surface area contributed by atoms with E-state index in [4.69, 9.17) is 4.74 Å². The van der Waals surface area contributed by atoms with Crippen molar-refractivity contribution in [2.24, 2.45) is 0 Å². The number of piperidine rings is 1. The highest BCUT2D eigenvalue weighted by Gasteiger charge is 2.39. The van der Waals surface area contributed by atoms with Crippen molar-refractivity contribution in [2.45, 2.75) is 44.6 Å². The topological polar surface area (TPSA) is 25.4 Å². The lowest BCUT2D eigenvalue weighted by Crippen LogP contribution is -2.49. The largest absolute Gasteiger partial charge is 0.487 e. The van der Waals surface area contributed by atoms with Crippen molar-refractivity contribution in [1.29, 1.82) is 0 Å². The number of likely N-dealkylation sites (tertiary alicyclic amines) is 1. The number of ether oxygens (including phenoxy) is 1. The van der Waals surface area contributed by atoms with E-state index in [-0.39, 0.29) is 5.60 Å². The van der Waals surface area contributed by atoms with Gasteiger partial charge in [0.1, 0.15) is 11.4 Å². The summed E-state index contributed by atoms with van der Waals surface area (Å²) in [4.78, 5) is 7.04. The maximum absolute atomic E-state index is 6.53. The molecule has 0 bridgehead atoms. The van der Waals surface area contributed by atoms with Crippen LogP contribution in [0.3, 0.4) is 0 Å². The average Bonchev–Trinajstić information content (AvgIpc) is 2.64. The summed E-state index contributed by atoms with van der Waals surface area (Å²) < 4.78 is 6.53. The fraction of sp³-hybridized carbons (Fsp3) is 0.476. The van der Waals surface area contributed by atoms with E-state index >= 15 is 0 Å². The summed E-state index contributed by atoms with van der Waals surface area (Å²) in [5.74, 6) is 1.09. The Morgan fingerprint density at radius 1 is 1.12 bits per heavy atom. The normalized spacial score (nSPS) is 19.7. The van der Waals surface area contributed by atoms with Gasteiger partial charge in [-0.1, -0.05) is 13.0 Å². The third-order valence-corrected chi connectivity index (χ3v) is 5.50. The number of hydrogen-bond acceptors (Lipinski definition) is 3. The Kier molecular flexibility index (Phi) is 4.28. The highest BCUT2D eigenvalue weighted by molar-refractivity contribution is 5.62. The minimum Gasteiger partial charge on any atom is -0.487 e. The first-order valence-electron chi connectivity index (χ1n) is 9.24. The molecule has 1 saturated heterocycles. The fourth-order valence-corrected chi connectivity index (χ4v) is 4.07. The zero-order valence-corrected chi connectivity index (χ0v) is 14.5. The van der Waals surface area contributed by atoms with Gasteiger partial charge in [0, 0.05) is 24.8 Å². The minimum absolute atomic E-state index is 0.0732. The molecule has 1 spiro atoms. The number of fused-ring (bicyclic) bond motifs is 1. The van der Waals surface area contributed by atoms with E-state index in [2.05, 4.69) is 41.1 Å². The van der Waals surface area contributed by atoms with Gasteiger partial charge in [-0.3, -0.25) is 4.98 Å². The van der Waals surface area contributed by atoms with Crippen LogP contribution in [0.5, 0.6) is 5.75 Å². The number of rotatable bonds is 3. The molecule has 0 atom stereocenters. The summed E-state index contributed by atoms with van der Waals surface area (Å²) >= 11 is 0. The molecule has 1 fully saturated rings. The first-order valence-corrected chi connectivity index (χ1v) is 9.24. The van der Waals surface area contributed by atoms with Gasteiger partial charge in [-0.05, 0) is 74.5 Å². The van der Waals surface area contributed by atoms with E-state index in [9.17, 15) is 0 Å². The molecule has 1 aromatic carbocycles. The third kappa shape index (κ3) is 3.05. The van der Waals surface area contributed by atoms with Crippen molar-refractivity contribution >= 4 is 0 Å². The van der Waals surface area contributed by atoms with Crippen LogP contribution in [0.15, 0.2) is 42.6 Å². The van der Waals surface area contributed by atoms with Gasteiger partial charge in [0.05, 0.1) is 5.69 Å². The molecule has 0 N–H and O–H groups in total. The summed E-state index contributed by atoms with van der Waals surface area (Å²) in [5, 5.41) is 0. The smallest absolute Gasteiger partial charge is 0.123 e. The number of benzene rings is 1. The van der Waals surface area contributed by atoms with Crippen LogP contribution in [-0.4, -0.2) is 35.1 Å². The fourth-order valence-electron chi connectivity index (χ4n) is 4.07. The Morgan fingerprint density at radius 3 is 2.75 bits per heavy atom. The van der Waals surface area contributed by atoms with Crippen LogP contribution in [-0.2, 0) is 6.42 Å². The highest BCUT2D eigenvalue weighted by Crippen LogP contribution is 2.40. The zero-order valence-electron chi connectivity index (χ0n) is 14.5. The van der Waals surface area contributed by atoms with E-state index in [0.29, 0.717) is 0 Å². The molecule has 0 unspecified atom stereocenters. The molecule has 0 aliphatic carbocycles. The minimum atomic E-state index is 0.0732. The molecule has 2 aliphatic heterocycles. The number of nitrogens with zero attached hydrogens (tertiary/aromatic N) is 2. The van der Waals surface area contributed by atoms with Crippen molar-refractivity contribution in [3.63, 3.8) is 0 Å². The predicted octanol–water partition coefficient (Wildman–Crippen LogP) is 4.32. The molecule has 0 amide bonds. The van der Waals surface area contributed by atoms with Crippen LogP contribution < -0.4 is 4.74 Å². The van der Waals surface area contributed by atoms with Gasteiger partial charge in [-0.15, -0.1) is 0 Å². The van der Waals surface area contributed by atoms with E-state index < -0.39 is 0 Å². The first kappa shape index (κ1) is 15.6. The number of aryl methyl sites for hydroxylation is 1. The molecule has 24 heavy (non-hydrogen) atoms. The van der Waals surface area contributed by atoms with Crippen molar-refractivity contribution in [2.75, 3.05) is 19.6 Å². The molecule has 0 saturated carbocycles. The summed E-state index contributed by atoms with van der Waals surface area (Å²) in [6, 6.07) is 12.6. The summed E-state index contributed by atoms with van der Waals surface area (Å²) in [5.41, 5.74) is 3.63. The Labute approximate surface area is 144 Å². The molecule has 4 rings (SSSR count). The second kappa shape index (κ2) is 6.56. The Morgan fingerprint density at radius 2 is 2.00 bits per heavy atom. The average molecular weight is 322 g/mol. The third-order valence-electron chi connectivity index (χ3n) is 5.50. The monoisotopic (exact) mass is 322 g/mol. The Balaban J connectivity index is 1.50. The molecule has 3 nitrogen and oxygen atoms in total. The number of hydrogen-bond donors (Lipinski definition) is 0. The number of pyridine rings is 1. The molecular formula is C21H26N2O. The van der Waals surface area contributed by atoms with Crippen LogP contribution in [0.2, 0.25) is 0 Å². The molecular weight excluding hydrogens is 296 g/mol. The lowest BCUT2D eigenvalue weighted by atomic mass is 9.82. The van der Waals surface area contributed by atoms with Crippen molar-refractivity contribution in [1.82, 2.24) is 9.88 Å². The second-order valence-corrected chi connectivity index (χ2v) is 7.16. The van der Waals surface area contributed by atoms with Gasteiger partial charge in [-0.2, -0.15) is 0 Å². The molecule has 0 radical (unpaired) electrons. The summed E-state index contributed by atoms with van der Waals surface area (Å²) in [7, 11) is 0. The molecule has 3 heterocycles. The van der Waals surface area contributed by atoms with Crippen LogP contribution in [0, 0.1) is 0 Å². The van der Waals surface area contributed by atoms with Gasteiger partial charge in [-0.25, -0.2) is 0 Å². The van der Waals surface area contributed by atoms with E-state index in [1.807, 2.05) is 18.3 Å². The summed E-state index contributed by atoms with van der Waals surface area (Å²) in [6.07, 6.45) is 7.68. The van der Waals surface area contributed by atoms with Crippen molar-refractivity contribution in [3.05, 3.63) is 48.2 Å². The maximum Gasteiger partial charge on any atom is 0.123 e. The van der Waals surface area contributed by atoms with Crippen LogP contribution in [0.1, 0.15) is 38.2 Å². The molecule has 2 aliphatic rings. The second-order valence-electron chi connectivity index (χ2n) is 7.16. The zero-order chi connectivity index (χ0) is 16.4. The SMILES string of the molecule is CCCN1CCC2(CCc3cc(-c4ccccn4)ccc3O2)CC1. The molecule has 1 aromatic heterocycles. The van der Waals surface area contributed by atoms with E-state index in [0.717, 1.165) is 37.1 Å². The standard InChI is InChI=1S/C21H26N2O/c1-2-13-23-14-10-21(11-15-23)9-8-18-16-17(6-7-20(18)24-21)19-5-3-4-12-22-19/h3-7,12,16H,2,8-11,13-15H2,1H3.